The summed E-state index contributed by atoms with van der Waals surface area (Å²) < 4.78 is 34.8. The van der Waals surface area contributed by atoms with Crippen molar-refractivity contribution in [3.63, 3.8) is 0 Å². The van der Waals surface area contributed by atoms with Crippen LogP contribution in [-0.4, -0.2) is 26.7 Å². The van der Waals surface area contributed by atoms with Gasteiger partial charge in [0.25, 0.3) is 0 Å². The number of nitrogens with zero attached hydrogens (tertiary/aromatic N) is 1. The van der Waals surface area contributed by atoms with Crippen molar-refractivity contribution in [1.82, 2.24) is 10.5 Å². The van der Waals surface area contributed by atoms with Crippen LogP contribution in [0.5, 0.6) is 5.75 Å². The number of hydrogen-bond donors (Lipinski definition) is 2. The standard InChI is InChI=1S/C21H21N3O4S2/c22-30(25,26)18-7-5-15(6-8-18)14-23-10-2-11-27-17-4-1-3-16(13-17)20-21-19(28-24-20)9-12-29-21/h1,3-9,12-13,23H,2,10-11,14H2,(H2,22,25,26). The highest BCUT2D eigenvalue weighted by atomic mass is 32.2. The first-order valence-corrected chi connectivity index (χ1v) is 11.8. The Morgan fingerprint density at radius 2 is 1.97 bits per heavy atom. The molecule has 2 aromatic heterocycles. The van der Waals surface area contributed by atoms with Gasteiger partial charge in [0.2, 0.25) is 10.0 Å². The van der Waals surface area contributed by atoms with Crippen molar-refractivity contribution in [3.05, 3.63) is 65.5 Å². The summed E-state index contributed by atoms with van der Waals surface area (Å²) in [6.07, 6.45) is 0.832. The summed E-state index contributed by atoms with van der Waals surface area (Å²) in [4.78, 5) is 0.118. The molecule has 0 aliphatic rings. The zero-order valence-corrected chi connectivity index (χ0v) is 17.7. The summed E-state index contributed by atoms with van der Waals surface area (Å²) >= 11 is 1.61. The molecule has 0 unspecified atom stereocenters. The summed E-state index contributed by atoms with van der Waals surface area (Å²) in [5.41, 5.74) is 3.59. The van der Waals surface area contributed by atoms with E-state index in [1.807, 2.05) is 35.7 Å². The summed E-state index contributed by atoms with van der Waals surface area (Å²) in [6, 6.07) is 16.3. The molecule has 0 aliphatic carbocycles. The van der Waals surface area contributed by atoms with Crippen molar-refractivity contribution < 1.29 is 17.7 Å². The molecule has 0 fully saturated rings. The van der Waals surface area contributed by atoms with Crippen molar-refractivity contribution in [2.45, 2.75) is 17.9 Å². The predicted molar refractivity (Wildman–Crippen MR) is 117 cm³/mol. The van der Waals surface area contributed by atoms with Crippen LogP contribution in [0.1, 0.15) is 12.0 Å². The minimum absolute atomic E-state index is 0.118. The second-order valence-electron chi connectivity index (χ2n) is 6.74. The van der Waals surface area contributed by atoms with E-state index in [0.29, 0.717) is 13.2 Å². The maximum atomic E-state index is 11.3. The molecule has 0 saturated heterocycles. The number of nitrogens with two attached hydrogens (primary N) is 1. The van der Waals surface area contributed by atoms with E-state index in [0.717, 1.165) is 45.8 Å². The lowest BCUT2D eigenvalue weighted by molar-refractivity contribution is 0.308. The average molecular weight is 444 g/mol. The molecule has 156 valence electrons. The molecule has 0 bridgehead atoms. The highest BCUT2D eigenvalue weighted by molar-refractivity contribution is 7.89. The van der Waals surface area contributed by atoms with Gasteiger partial charge < -0.3 is 14.6 Å². The minimum atomic E-state index is -3.65. The minimum Gasteiger partial charge on any atom is -0.494 e. The van der Waals surface area contributed by atoms with Crippen molar-refractivity contribution in [2.75, 3.05) is 13.2 Å². The number of hydrogen-bond acceptors (Lipinski definition) is 7. The molecule has 0 saturated carbocycles. The molecule has 0 amide bonds. The van der Waals surface area contributed by atoms with Crippen LogP contribution >= 0.6 is 11.3 Å². The normalized spacial score (nSPS) is 11.8. The summed E-state index contributed by atoms with van der Waals surface area (Å²) in [6.45, 7) is 1.99. The van der Waals surface area contributed by atoms with Crippen LogP contribution in [0.2, 0.25) is 0 Å². The van der Waals surface area contributed by atoms with Gasteiger partial charge in [-0.15, -0.1) is 11.3 Å². The van der Waals surface area contributed by atoms with Crippen molar-refractivity contribution >= 4 is 31.6 Å². The van der Waals surface area contributed by atoms with E-state index in [1.165, 1.54) is 12.1 Å². The molecule has 4 rings (SSSR count). The fraction of sp³-hybridized carbons (Fsp3) is 0.190. The van der Waals surface area contributed by atoms with Gasteiger partial charge in [0, 0.05) is 12.1 Å². The number of nitrogens with one attached hydrogen (secondary N) is 1. The lowest BCUT2D eigenvalue weighted by atomic mass is 10.1. The van der Waals surface area contributed by atoms with Gasteiger partial charge in [-0.05, 0) is 54.2 Å². The maximum Gasteiger partial charge on any atom is 0.238 e. The Kier molecular flexibility index (Phi) is 6.14. The Bertz CT molecular complexity index is 1230. The first kappa shape index (κ1) is 20.5. The van der Waals surface area contributed by atoms with Crippen LogP contribution in [0.25, 0.3) is 21.5 Å². The van der Waals surface area contributed by atoms with E-state index in [4.69, 9.17) is 14.4 Å². The molecule has 9 heteroatoms. The third-order valence-electron chi connectivity index (χ3n) is 4.53. The average Bonchev–Trinajstić information content (AvgIpc) is 3.34. The monoisotopic (exact) mass is 443 g/mol. The Morgan fingerprint density at radius 3 is 2.77 bits per heavy atom. The van der Waals surface area contributed by atoms with Crippen LogP contribution in [0, 0.1) is 0 Å². The molecule has 7 nitrogen and oxygen atoms in total. The number of ether oxygens (including phenoxy) is 1. The van der Waals surface area contributed by atoms with Gasteiger partial charge in [0.1, 0.15) is 16.1 Å². The second kappa shape index (κ2) is 8.97. The molecule has 0 spiro atoms. The van der Waals surface area contributed by atoms with Crippen LogP contribution in [0.15, 0.2) is 69.4 Å². The SMILES string of the molecule is NS(=O)(=O)c1ccc(CNCCCOc2cccc(-c3noc4ccsc34)c2)cc1. The fourth-order valence-corrected chi connectivity index (χ4v) is 4.34. The Labute approximate surface area is 178 Å². The number of benzene rings is 2. The van der Waals surface area contributed by atoms with E-state index in [2.05, 4.69) is 10.5 Å². The quantitative estimate of drug-likeness (QED) is 0.381. The van der Waals surface area contributed by atoms with Gasteiger partial charge in [-0.25, -0.2) is 13.6 Å². The van der Waals surface area contributed by atoms with E-state index in [-0.39, 0.29) is 4.90 Å². The molecule has 0 radical (unpaired) electrons. The molecule has 4 aromatic rings. The van der Waals surface area contributed by atoms with Gasteiger partial charge in [-0.3, -0.25) is 0 Å². The van der Waals surface area contributed by atoms with Gasteiger partial charge in [0.05, 0.1) is 11.5 Å². The van der Waals surface area contributed by atoms with Gasteiger partial charge in [-0.2, -0.15) is 0 Å². The van der Waals surface area contributed by atoms with E-state index in [9.17, 15) is 8.42 Å². The number of primary sulfonamides is 1. The molecule has 0 atom stereocenters. The van der Waals surface area contributed by atoms with E-state index >= 15 is 0 Å². The van der Waals surface area contributed by atoms with Gasteiger partial charge in [0.15, 0.2) is 5.58 Å². The predicted octanol–water partition coefficient (Wildman–Crippen LogP) is 3.76. The number of fused-ring (bicyclic) bond motifs is 1. The lowest BCUT2D eigenvalue weighted by Crippen LogP contribution is -2.17. The van der Waals surface area contributed by atoms with Crippen molar-refractivity contribution in [3.8, 4) is 17.0 Å². The highest BCUT2D eigenvalue weighted by Gasteiger charge is 2.12. The third-order valence-corrected chi connectivity index (χ3v) is 6.37. The second-order valence-corrected chi connectivity index (χ2v) is 9.22. The molecule has 2 heterocycles. The Balaban J connectivity index is 1.23. The fourth-order valence-electron chi connectivity index (χ4n) is 3.01. The number of rotatable bonds is 9. The summed E-state index contributed by atoms with van der Waals surface area (Å²) in [5.74, 6) is 0.791. The van der Waals surface area contributed by atoms with Gasteiger partial charge in [-0.1, -0.05) is 29.4 Å². The van der Waals surface area contributed by atoms with E-state index < -0.39 is 10.0 Å². The molecule has 0 aliphatic heterocycles. The van der Waals surface area contributed by atoms with Crippen LogP contribution in [0.3, 0.4) is 0 Å². The molecular weight excluding hydrogens is 422 g/mol. The first-order chi connectivity index (χ1) is 14.5. The Hall–Kier alpha value is -2.72. The van der Waals surface area contributed by atoms with Crippen LogP contribution in [0.4, 0.5) is 0 Å². The summed E-state index contributed by atoms with van der Waals surface area (Å²) in [7, 11) is -3.65. The zero-order chi connectivity index (χ0) is 21.0. The highest BCUT2D eigenvalue weighted by Crippen LogP contribution is 2.33. The number of thiophene rings is 1. The van der Waals surface area contributed by atoms with Gasteiger partial charge >= 0.3 is 0 Å². The molecule has 2 aromatic carbocycles. The third kappa shape index (κ3) is 4.88. The number of aromatic nitrogens is 1. The number of sulfonamides is 1. The Morgan fingerprint density at radius 1 is 1.13 bits per heavy atom. The molecule has 30 heavy (non-hydrogen) atoms. The zero-order valence-electron chi connectivity index (χ0n) is 16.1. The van der Waals surface area contributed by atoms with Crippen molar-refractivity contribution in [2.24, 2.45) is 5.14 Å². The smallest absolute Gasteiger partial charge is 0.238 e. The molecule has 3 N–H and O–H groups in total. The lowest BCUT2D eigenvalue weighted by Gasteiger charge is -2.08. The van der Waals surface area contributed by atoms with Crippen molar-refractivity contribution in [1.29, 1.82) is 0 Å². The van der Waals surface area contributed by atoms with Crippen LogP contribution < -0.4 is 15.2 Å². The molecular formula is C21H21N3O4S2. The first-order valence-electron chi connectivity index (χ1n) is 9.39. The maximum absolute atomic E-state index is 11.3. The topological polar surface area (TPSA) is 107 Å². The van der Waals surface area contributed by atoms with Crippen LogP contribution in [-0.2, 0) is 16.6 Å². The largest absolute Gasteiger partial charge is 0.494 e. The van der Waals surface area contributed by atoms with E-state index in [1.54, 1.807) is 23.5 Å². The summed E-state index contributed by atoms with van der Waals surface area (Å²) in [5, 5.41) is 14.6.